The van der Waals surface area contributed by atoms with Crippen LogP contribution in [0.3, 0.4) is 0 Å². The van der Waals surface area contributed by atoms with Gasteiger partial charge in [-0.3, -0.25) is 25.1 Å². The Bertz CT molecular complexity index is 2610. The SMILES string of the molecule is C=CCOC(=O)Nc1cc(OCCCCCOc2cc(NC(=O)OCC(C)SSc3ccccn3)c(C(=O)N3CC(C)(C)CC3/C=N/OC)cc2OC)c(OC)cc1C(=O)N1CC(=C)C[C@H]1C1OCCN1C(=O)OCC=C. The van der Waals surface area contributed by atoms with Crippen molar-refractivity contribution < 1.29 is 66.7 Å². The molecule has 5 amide bonds. The lowest BCUT2D eigenvalue weighted by Gasteiger charge is -2.33. The quantitative estimate of drug-likeness (QED) is 0.0190. The first-order valence-electron chi connectivity index (χ1n) is 25.0. The molecule has 3 saturated heterocycles. The molecule has 3 aliphatic rings. The number of aromatic nitrogens is 1. The van der Waals surface area contributed by atoms with E-state index in [0.717, 1.165) is 10.6 Å². The summed E-state index contributed by atoms with van der Waals surface area (Å²) in [6, 6.07) is 10.8. The molecule has 0 bridgehead atoms. The fourth-order valence-electron chi connectivity index (χ4n) is 8.78. The third kappa shape index (κ3) is 16.4. The molecule has 4 atom stereocenters. The molecule has 2 N–H and O–H groups in total. The summed E-state index contributed by atoms with van der Waals surface area (Å²) in [6.45, 7) is 19.0. The number of anilines is 2. The highest BCUT2D eigenvalue weighted by molar-refractivity contribution is 8.76. The third-order valence-corrected chi connectivity index (χ3v) is 15.1. The Balaban J connectivity index is 1.12. The molecule has 2 aromatic carbocycles. The van der Waals surface area contributed by atoms with Gasteiger partial charge >= 0.3 is 18.3 Å². The monoisotopic (exact) mass is 1100 g/mol. The van der Waals surface area contributed by atoms with Crippen LogP contribution in [0, 0.1) is 5.41 Å². The molecule has 21 nitrogen and oxygen atoms in total. The number of likely N-dealkylation sites (tertiary alicyclic amines) is 2. The molecule has 3 unspecified atom stereocenters. The number of carbonyl (C=O) groups excluding carboxylic acids is 5. The van der Waals surface area contributed by atoms with Gasteiger partial charge in [-0.1, -0.05) is 73.3 Å². The van der Waals surface area contributed by atoms with Gasteiger partial charge in [0.2, 0.25) is 0 Å². The lowest BCUT2D eigenvalue weighted by molar-refractivity contribution is -0.0194. The van der Waals surface area contributed by atoms with Gasteiger partial charge in [-0.05, 0) is 79.5 Å². The van der Waals surface area contributed by atoms with Crippen LogP contribution in [-0.2, 0) is 23.8 Å². The summed E-state index contributed by atoms with van der Waals surface area (Å²) >= 11 is 0. The van der Waals surface area contributed by atoms with E-state index < -0.39 is 36.5 Å². The summed E-state index contributed by atoms with van der Waals surface area (Å²) in [5.74, 6) is 0.209. The number of carbonyl (C=O) groups is 5. The van der Waals surface area contributed by atoms with Crippen molar-refractivity contribution in [3.05, 3.63) is 97.3 Å². The van der Waals surface area contributed by atoms with E-state index in [4.69, 9.17) is 42.7 Å². The largest absolute Gasteiger partial charge is 0.493 e. The molecule has 0 spiro atoms. The van der Waals surface area contributed by atoms with Gasteiger partial charge in [-0.25, -0.2) is 19.4 Å². The van der Waals surface area contributed by atoms with Crippen LogP contribution in [0.1, 0.15) is 73.6 Å². The van der Waals surface area contributed by atoms with Crippen molar-refractivity contribution in [2.24, 2.45) is 10.6 Å². The number of methoxy groups -OCH3 is 2. The maximum atomic E-state index is 14.6. The van der Waals surface area contributed by atoms with E-state index >= 15 is 0 Å². The predicted molar refractivity (Wildman–Crippen MR) is 293 cm³/mol. The second kappa shape index (κ2) is 28.9. The van der Waals surface area contributed by atoms with Crippen LogP contribution in [0.4, 0.5) is 25.8 Å². The number of benzene rings is 2. The van der Waals surface area contributed by atoms with Gasteiger partial charge in [-0.2, -0.15) is 0 Å². The molecule has 3 fully saturated rings. The molecule has 23 heteroatoms. The smallest absolute Gasteiger partial charge is 0.412 e. The van der Waals surface area contributed by atoms with Crippen LogP contribution in [0.15, 0.2) is 96.3 Å². The van der Waals surface area contributed by atoms with E-state index in [2.05, 4.69) is 54.4 Å². The van der Waals surface area contributed by atoms with Gasteiger partial charge in [0.15, 0.2) is 29.2 Å². The average molecular weight is 1100 g/mol. The predicted octanol–water partition coefficient (Wildman–Crippen LogP) is 9.46. The number of nitrogens with zero attached hydrogens (tertiary/aromatic N) is 5. The van der Waals surface area contributed by atoms with Crippen molar-refractivity contribution in [2.45, 2.75) is 81.5 Å². The minimum Gasteiger partial charge on any atom is -0.493 e. The molecule has 0 aliphatic carbocycles. The normalized spacial score (nSPS) is 18.1. The summed E-state index contributed by atoms with van der Waals surface area (Å²) in [7, 11) is 7.34. The Morgan fingerprint density at radius 1 is 0.844 bits per heavy atom. The Hall–Kier alpha value is -7.11. The molecule has 1 aromatic heterocycles. The van der Waals surface area contributed by atoms with Crippen LogP contribution in [0.25, 0.3) is 0 Å². The summed E-state index contributed by atoms with van der Waals surface area (Å²) in [5.41, 5.74) is 1.04. The van der Waals surface area contributed by atoms with Crippen LogP contribution in [0.5, 0.6) is 23.0 Å². The van der Waals surface area contributed by atoms with Crippen molar-refractivity contribution in [3.8, 4) is 23.0 Å². The molecule has 3 aromatic rings. The molecule has 3 aliphatic heterocycles. The van der Waals surface area contributed by atoms with Gasteiger partial charge in [0.25, 0.3) is 11.8 Å². The molecule has 0 radical (unpaired) electrons. The first-order valence-corrected chi connectivity index (χ1v) is 27.2. The number of unbranched alkanes of at least 4 members (excludes halogenated alkanes) is 2. The van der Waals surface area contributed by atoms with Crippen LogP contribution < -0.4 is 29.6 Å². The summed E-state index contributed by atoms with van der Waals surface area (Å²) in [4.78, 5) is 82.3. The number of rotatable bonds is 26. The Kier molecular flexibility index (Phi) is 22.2. The number of oxime groups is 1. The van der Waals surface area contributed by atoms with Crippen molar-refractivity contribution in [3.63, 3.8) is 0 Å². The number of hydrogen-bond donors (Lipinski definition) is 2. The maximum absolute atomic E-state index is 14.6. The third-order valence-electron chi connectivity index (χ3n) is 12.3. The number of nitrogens with one attached hydrogen (secondary N) is 2. The molecule has 0 saturated carbocycles. The second-order valence-corrected chi connectivity index (χ2v) is 21.5. The second-order valence-electron chi connectivity index (χ2n) is 18.8. The zero-order chi connectivity index (χ0) is 55.5. The molecule has 6 rings (SSSR count). The fraction of sp³-hybridized carbons (Fsp3) is 0.463. The average Bonchev–Trinajstić information content (AvgIpc) is 4.16. The highest BCUT2D eigenvalue weighted by atomic mass is 33.1. The number of hydrogen-bond acceptors (Lipinski definition) is 18. The fourth-order valence-corrected chi connectivity index (χ4v) is 10.7. The topological polar surface area (TPSA) is 227 Å². The van der Waals surface area contributed by atoms with Crippen molar-refractivity contribution in [1.82, 2.24) is 19.7 Å². The van der Waals surface area contributed by atoms with Crippen molar-refractivity contribution in [2.75, 3.05) is 91.2 Å². The highest BCUT2D eigenvalue weighted by Crippen LogP contribution is 2.41. The van der Waals surface area contributed by atoms with Gasteiger partial charge in [0.1, 0.15) is 32.0 Å². The van der Waals surface area contributed by atoms with Gasteiger partial charge in [-0.15, -0.1) is 0 Å². The minimum absolute atomic E-state index is 0.0133. The van der Waals surface area contributed by atoms with Gasteiger partial charge in [0.05, 0.1) is 81.4 Å². The van der Waals surface area contributed by atoms with E-state index in [1.165, 1.54) is 72.1 Å². The molecular formula is C54H69N7O14S2. The van der Waals surface area contributed by atoms with E-state index in [0.29, 0.717) is 44.4 Å². The molecule has 77 heavy (non-hydrogen) atoms. The number of pyridine rings is 1. The lowest BCUT2D eigenvalue weighted by Crippen LogP contribution is -2.50. The molecule has 416 valence electrons. The Morgan fingerprint density at radius 2 is 1.47 bits per heavy atom. The van der Waals surface area contributed by atoms with Crippen LogP contribution in [0.2, 0.25) is 0 Å². The van der Waals surface area contributed by atoms with Crippen LogP contribution in [-0.4, -0.2) is 160 Å². The van der Waals surface area contributed by atoms with E-state index in [9.17, 15) is 24.0 Å². The standard InChI is InChI=1S/C54H69N7O14S2/c1-10-20-73-51(64)57-40-28-45(43(67-7)26-38(40)48(62)60-32-35(3)25-42(60)50-59(19-24-72-50)53(66)74-21-11-2)70-22-15-12-16-23-71-46-29-41(58-52(65)75-33-36(4)76-77-47-17-13-14-18-55-47)39(27-44(46)68-8)49(63)61-34-54(5,6)30-37(61)31-56-69-9/h10-11,13-14,17-18,26-29,31,36-37,42,50H,1-3,12,15-16,19-25,30,32-34H2,4-9H3,(H,57,64)(H,58,65)/b56-31+/t36?,37?,42-,50?/m0/s1. The van der Waals surface area contributed by atoms with E-state index in [-0.39, 0.29) is 115 Å². The Labute approximate surface area is 457 Å². The van der Waals surface area contributed by atoms with E-state index in [1.54, 1.807) is 34.3 Å². The first kappa shape index (κ1) is 59.1. The summed E-state index contributed by atoms with van der Waals surface area (Å²) in [5, 5.41) is 10.2. The maximum Gasteiger partial charge on any atom is 0.412 e. The Morgan fingerprint density at radius 3 is 2.06 bits per heavy atom. The highest BCUT2D eigenvalue weighted by Gasteiger charge is 2.45. The molecular weight excluding hydrogens is 1030 g/mol. The van der Waals surface area contributed by atoms with Crippen molar-refractivity contribution in [1.29, 1.82) is 0 Å². The number of ether oxygens (including phenoxy) is 8. The lowest BCUT2D eigenvalue weighted by atomic mass is 9.91. The molecule has 4 heterocycles. The zero-order valence-electron chi connectivity index (χ0n) is 44.4. The van der Waals surface area contributed by atoms with Crippen molar-refractivity contribution >= 4 is 69.3 Å². The summed E-state index contributed by atoms with van der Waals surface area (Å²) < 4.78 is 46.0. The van der Waals surface area contributed by atoms with E-state index in [1.807, 2.05) is 25.1 Å². The first-order chi connectivity index (χ1) is 37.1. The van der Waals surface area contributed by atoms with Crippen LogP contribution >= 0.6 is 21.6 Å². The number of amides is 5. The van der Waals surface area contributed by atoms with Gasteiger partial charge < -0.3 is 52.5 Å². The summed E-state index contributed by atoms with van der Waals surface area (Å²) in [6.07, 6.45) is 5.97. The zero-order valence-corrected chi connectivity index (χ0v) is 46.1. The minimum atomic E-state index is -0.832. The van der Waals surface area contributed by atoms with Gasteiger partial charge in [0, 0.05) is 36.7 Å².